The van der Waals surface area contributed by atoms with E-state index in [1.807, 2.05) is 32.0 Å². The van der Waals surface area contributed by atoms with Gasteiger partial charge < -0.3 is 10.6 Å². The maximum absolute atomic E-state index is 12.5. The minimum absolute atomic E-state index is 0.0450. The molecule has 5 rings (SSSR count). The van der Waals surface area contributed by atoms with Crippen molar-refractivity contribution in [2.45, 2.75) is 58.8 Å². The van der Waals surface area contributed by atoms with Gasteiger partial charge in [0.25, 0.3) is 0 Å². The van der Waals surface area contributed by atoms with Crippen LogP contribution in [0.5, 0.6) is 0 Å². The summed E-state index contributed by atoms with van der Waals surface area (Å²) in [6, 6.07) is 5.94. The van der Waals surface area contributed by atoms with Gasteiger partial charge in [0.05, 0.1) is 6.54 Å². The number of nitrogens with one attached hydrogen (secondary N) is 2. The number of rotatable bonds is 5. The number of hydrogen-bond donors (Lipinski definition) is 2. The smallest absolute Gasteiger partial charge is 0.243 e. The number of benzene rings is 1. The zero-order valence-corrected chi connectivity index (χ0v) is 15.9. The maximum atomic E-state index is 12.5. The number of anilines is 1. The highest BCUT2D eigenvalue weighted by atomic mass is 16.2. The summed E-state index contributed by atoms with van der Waals surface area (Å²) in [5, 5.41) is 5.81. The Morgan fingerprint density at radius 3 is 2.04 bits per heavy atom. The summed E-state index contributed by atoms with van der Waals surface area (Å²) in [6.45, 7) is 4.02. The van der Waals surface area contributed by atoms with Crippen molar-refractivity contribution in [1.82, 2.24) is 5.32 Å². The van der Waals surface area contributed by atoms with Gasteiger partial charge in [0, 0.05) is 12.1 Å². The molecule has 0 unspecified atom stereocenters. The molecule has 4 nitrogen and oxygen atoms in total. The molecule has 0 saturated heterocycles. The summed E-state index contributed by atoms with van der Waals surface area (Å²) in [5.74, 6) is 2.44. The molecule has 2 N–H and O–H groups in total. The Bertz CT molecular complexity index is 669. The second-order valence-electron chi connectivity index (χ2n) is 9.19. The molecule has 4 saturated carbocycles. The first-order valence-electron chi connectivity index (χ1n) is 10.1. The second-order valence-corrected chi connectivity index (χ2v) is 9.19. The molecule has 0 atom stereocenters. The van der Waals surface area contributed by atoms with E-state index in [4.69, 9.17) is 0 Å². The molecule has 2 amide bonds. The molecular formula is C22H30N2O2. The van der Waals surface area contributed by atoms with Crippen LogP contribution in [-0.4, -0.2) is 18.4 Å². The normalized spacial score (nSPS) is 31.7. The average molecular weight is 354 g/mol. The van der Waals surface area contributed by atoms with Crippen LogP contribution < -0.4 is 10.6 Å². The van der Waals surface area contributed by atoms with Crippen molar-refractivity contribution in [3.63, 3.8) is 0 Å². The molecule has 0 spiro atoms. The number of amides is 2. The highest BCUT2D eigenvalue weighted by Gasteiger charge is 2.51. The molecule has 1 aromatic carbocycles. The lowest BCUT2D eigenvalue weighted by molar-refractivity contribution is -0.131. The Morgan fingerprint density at radius 1 is 0.962 bits per heavy atom. The molecule has 0 aliphatic heterocycles. The van der Waals surface area contributed by atoms with Gasteiger partial charge in [-0.3, -0.25) is 9.59 Å². The van der Waals surface area contributed by atoms with E-state index in [9.17, 15) is 9.59 Å². The van der Waals surface area contributed by atoms with Crippen LogP contribution in [0, 0.1) is 37.0 Å². The fourth-order valence-corrected chi connectivity index (χ4v) is 6.28. The third kappa shape index (κ3) is 3.51. The van der Waals surface area contributed by atoms with Crippen LogP contribution in [0.3, 0.4) is 0 Å². The van der Waals surface area contributed by atoms with E-state index in [-0.39, 0.29) is 23.8 Å². The Hall–Kier alpha value is -1.84. The molecule has 1 aromatic rings. The van der Waals surface area contributed by atoms with Gasteiger partial charge in [0.1, 0.15) is 0 Å². The van der Waals surface area contributed by atoms with Crippen LogP contribution in [0.1, 0.15) is 56.1 Å². The first-order valence-corrected chi connectivity index (χ1v) is 10.1. The lowest BCUT2D eigenvalue weighted by atomic mass is 9.49. The van der Waals surface area contributed by atoms with Gasteiger partial charge in [-0.1, -0.05) is 18.2 Å². The first kappa shape index (κ1) is 17.6. The van der Waals surface area contributed by atoms with Crippen LogP contribution in [0.25, 0.3) is 0 Å². The van der Waals surface area contributed by atoms with Gasteiger partial charge in [-0.15, -0.1) is 0 Å². The van der Waals surface area contributed by atoms with Crippen molar-refractivity contribution >= 4 is 17.5 Å². The highest BCUT2D eigenvalue weighted by Crippen LogP contribution is 2.61. The fraction of sp³-hybridized carbons (Fsp3) is 0.636. The summed E-state index contributed by atoms with van der Waals surface area (Å²) in [5.41, 5.74) is 3.16. The van der Waals surface area contributed by atoms with Crippen molar-refractivity contribution in [1.29, 1.82) is 0 Å². The van der Waals surface area contributed by atoms with Crippen LogP contribution in [0.4, 0.5) is 5.69 Å². The van der Waals surface area contributed by atoms with Crippen LogP contribution >= 0.6 is 0 Å². The molecule has 26 heavy (non-hydrogen) atoms. The van der Waals surface area contributed by atoms with Crippen molar-refractivity contribution in [2.75, 3.05) is 11.9 Å². The molecule has 0 heterocycles. The molecule has 4 bridgehead atoms. The Kier molecular flexibility index (Phi) is 4.54. The standard InChI is InChI=1S/C22H30N2O2/c1-14-4-3-5-15(2)21(14)24-20(26)13-23-19(25)12-22-9-16-6-17(10-22)8-18(7-16)11-22/h3-5,16-18H,6-13H2,1-2H3,(H,23,25)(H,24,26). The fourth-order valence-electron chi connectivity index (χ4n) is 6.28. The first-order chi connectivity index (χ1) is 12.4. The van der Waals surface area contributed by atoms with Gasteiger partial charge in [0.15, 0.2) is 0 Å². The number of carbonyl (C=O) groups excluding carboxylic acids is 2. The van der Waals surface area contributed by atoms with E-state index in [1.54, 1.807) is 0 Å². The Balaban J connectivity index is 1.30. The molecule has 4 aliphatic rings. The molecule has 0 aromatic heterocycles. The van der Waals surface area contributed by atoms with Crippen molar-refractivity contribution in [2.24, 2.45) is 23.2 Å². The summed E-state index contributed by atoms with van der Waals surface area (Å²) < 4.78 is 0. The van der Waals surface area contributed by atoms with Crippen molar-refractivity contribution in [3.8, 4) is 0 Å². The quantitative estimate of drug-likeness (QED) is 0.841. The van der Waals surface area contributed by atoms with E-state index in [1.165, 1.54) is 38.5 Å². The predicted octanol–water partition coefficient (Wildman–Crippen LogP) is 3.96. The summed E-state index contributed by atoms with van der Waals surface area (Å²) in [7, 11) is 0. The summed E-state index contributed by atoms with van der Waals surface area (Å²) in [6.07, 6.45) is 8.44. The zero-order chi connectivity index (χ0) is 18.3. The van der Waals surface area contributed by atoms with Gasteiger partial charge in [-0.05, 0) is 86.7 Å². The molecular weight excluding hydrogens is 324 g/mol. The van der Waals surface area contributed by atoms with Gasteiger partial charge in [-0.2, -0.15) is 0 Å². The van der Waals surface area contributed by atoms with E-state index in [2.05, 4.69) is 10.6 Å². The maximum Gasteiger partial charge on any atom is 0.243 e. The molecule has 140 valence electrons. The van der Waals surface area contributed by atoms with E-state index < -0.39 is 0 Å². The predicted molar refractivity (Wildman–Crippen MR) is 103 cm³/mol. The van der Waals surface area contributed by atoms with E-state index in [0.717, 1.165) is 34.6 Å². The van der Waals surface area contributed by atoms with Gasteiger partial charge >= 0.3 is 0 Å². The third-order valence-electron chi connectivity index (χ3n) is 6.89. The summed E-state index contributed by atoms with van der Waals surface area (Å²) in [4.78, 5) is 24.8. The number of para-hydroxylation sites is 1. The summed E-state index contributed by atoms with van der Waals surface area (Å²) >= 11 is 0. The topological polar surface area (TPSA) is 58.2 Å². The third-order valence-corrected chi connectivity index (χ3v) is 6.89. The van der Waals surface area contributed by atoms with Gasteiger partial charge in [-0.25, -0.2) is 0 Å². The molecule has 4 heteroatoms. The zero-order valence-electron chi connectivity index (χ0n) is 15.9. The SMILES string of the molecule is Cc1cccc(C)c1NC(=O)CNC(=O)CC12CC3CC(CC(C3)C1)C2. The molecule has 4 fully saturated rings. The van der Waals surface area contributed by atoms with Crippen molar-refractivity contribution < 1.29 is 9.59 Å². The van der Waals surface area contributed by atoms with Gasteiger partial charge in [0.2, 0.25) is 11.8 Å². The molecule has 4 aliphatic carbocycles. The average Bonchev–Trinajstić information content (AvgIpc) is 2.55. The van der Waals surface area contributed by atoms with E-state index >= 15 is 0 Å². The highest BCUT2D eigenvalue weighted by molar-refractivity contribution is 5.95. The van der Waals surface area contributed by atoms with Crippen LogP contribution in [-0.2, 0) is 9.59 Å². The lowest BCUT2D eigenvalue weighted by Gasteiger charge is -2.56. The van der Waals surface area contributed by atoms with Crippen LogP contribution in [0.15, 0.2) is 18.2 Å². The van der Waals surface area contributed by atoms with E-state index in [0.29, 0.717) is 6.42 Å². The number of hydrogen-bond acceptors (Lipinski definition) is 2. The minimum Gasteiger partial charge on any atom is -0.347 e. The minimum atomic E-state index is -0.152. The van der Waals surface area contributed by atoms with Crippen molar-refractivity contribution in [3.05, 3.63) is 29.3 Å². The number of aryl methyl sites for hydroxylation is 2. The Morgan fingerprint density at radius 2 is 1.50 bits per heavy atom. The second kappa shape index (κ2) is 6.71. The number of carbonyl (C=O) groups is 2. The largest absolute Gasteiger partial charge is 0.347 e. The lowest BCUT2D eigenvalue weighted by Crippen LogP contribution is -2.48. The Labute approximate surface area is 156 Å². The monoisotopic (exact) mass is 354 g/mol. The van der Waals surface area contributed by atoms with Crippen LogP contribution in [0.2, 0.25) is 0 Å². The molecule has 0 radical (unpaired) electrons.